The summed E-state index contributed by atoms with van der Waals surface area (Å²) in [5.74, 6) is 1.10. The van der Waals surface area contributed by atoms with Crippen molar-refractivity contribution in [3.63, 3.8) is 0 Å². The molecule has 1 atom stereocenters. The normalized spacial score (nSPS) is 25.9. The molecule has 0 aromatic heterocycles. The van der Waals surface area contributed by atoms with Crippen LogP contribution < -0.4 is 0 Å². The van der Waals surface area contributed by atoms with Crippen LogP contribution >= 0.6 is 11.6 Å². The molecule has 2 heteroatoms. The second kappa shape index (κ2) is 4.46. The molecule has 5 rings (SSSR count). The Morgan fingerprint density at radius 3 is 1.95 bits per heavy atom. The first-order valence-electron chi connectivity index (χ1n) is 7.11. The van der Waals surface area contributed by atoms with Crippen LogP contribution in [-0.2, 0) is 4.79 Å². The van der Waals surface area contributed by atoms with Crippen LogP contribution in [0.15, 0.2) is 48.5 Å². The lowest BCUT2D eigenvalue weighted by Crippen LogP contribution is -2.32. The van der Waals surface area contributed by atoms with E-state index < -0.39 is 0 Å². The molecule has 3 aliphatic carbocycles. The summed E-state index contributed by atoms with van der Waals surface area (Å²) in [5.41, 5.74) is 5.67. The van der Waals surface area contributed by atoms with Gasteiger partial charge in [-0.15, -0.1) is 0 Å². The molecular formula is C18H15ClO. The zero-order valence-corrected chi connectivity index (χ0v) is 11.8. The van der Waals surface area contributed by atoms with Crippen LogP contribution in [0.1, 0.15) is 46.9 Å². The maximum absolute atomic E-state index is 11.4. The summed E-state index contributed by atoms with van der Waals surface area (Å²) in [6.45, 7) is 0. The maximum atomic E-state index is 11.4. The Morgan fingerprint density at radius 1 is 0.950 bits per heavy atom. The summed E-state index contributed by atoms with van der Waals surface area (Å²) in [4.78, 5) is 11.4. The van der Waals surface area contributed by atoms with E-state index >= 15 is 0 Å². The molecule has 0 saturated heterocycles. The zero-order chi connectivity index (χ0) is 13.7. The highest BCUT2D eigenvalue weighted by Crippen LogP contribution is 2.56. The van der Waals surface area contributed by atoms with Gasteiger partial charge < -0.3 is 0 Å². The van der Waals surface area contributed by atoms with Crippen LogP contribution in [0.2, 0.25) is 0 Å². The first-order valence-corrected chi connectivity index (χ1v) is 7.49. The van der Waals surface area contributed by atoms with Gasteiger partial charge in [-0.05, 0) is 46.2 Å². The molecule has 2 aromatic carbocycles. The minimum absolute atomic E-state index is 0.211. The molecule has 100 valence electrons. The smallest absolute Gasteiger partial charge is 0.221 e. The summed E-state index contributed by atoms with van der Waals surface area (Å²) >= 11 is 5.66. The monoisotopic (exact) mass is 282 g/mol. The topological polar surface area (TPSA) is 17.1 Å². The zero-order valence-electron chi connectivity index (χ0n) is 11.1. The number of carbonyl (C=O) groups is 1. The van der Waals surface area contributed by atoms with Crippen LogP contribution in [0, 0.1) is 5.92 Å². The van der Waals surface area contributed by atoms with Crippen LogP contribution in [0.5, 0.6) is 0 Å². The van der Waals surface area contributed by atoms with E-state index in [0.717, 1.165) is 6.42 Å². The number of fused-ring (bicyclic) bond motifs is 1. The molecule has 1 unspecified atom stereocenters. The van der Waals surface area contributed by atoms with Gasteiger partial charge in [-0.3, -0.25) is 4.79 Å². The highest BCUT2D eigenvalue weighted by molar-refractivity contribution is 6.63. The van der Waals surface area contributed by atoms with E-state index in [0.29, 0.717) is 24.2 Å². The van der Waals surface area contributed by atoms with E-state index in [-0.39, 0.29) is 5.24 Å². The Balaban J connectivity index is 1.91. The third-order valence-electron chi connectivity index (χ3n) is 4.85. The van der Waals surface area contributed by atoms with Crippen LogP contribution in [0.4, 0.5) is 0 Å². The summed E-state index contributed by atoms with van der Waals surface area (Å²) in [5, 5.41) is -0.211. The molecule has 1 nitrogen and oxygen atoms in total. The minimum atomic E-state index is -0.211. The fourth-order valence-electron chi connectivity index (χ4n) is 4.17. The van der Waals surface area contributed by atoms with Crippen LogP contribution in [0.3, 0.4) is 0 Å². The summed E-state index contributed by atoms with van der Waals surface area (Å²) in [6, 6.07) is 17.3. The van der Waals surface area contributed by atoms with Gasteiger partial charge in [-0.1, -0.05) is 48.5 Å². The molecule has 0 radical (unpaired) electrons. The fourth-order valence-corrected chi connectivity index (χ4v) is 4.36. The highest BCUT2D eigenvalue weighted by atomic mass is 35.5. The molecule has 0 amide bonds. The van der Waals surface area contributed by atoms with E-state index in [2.05, 4.69) is 48.5 Å². The molecule has 2 aromatic rings. The Hall–Kier alpha value is -1.60. The molecule has 0 heterocycles. The van der Waals surface area contributed by atoms with Gasteiger partial charge >= 0.3 is 0 Å². The molecule has 0 aliphatic heterocycles. The lowest BCUT2D eigenvalue weighted by Gasteiger charge is -2.45. The number of benzene rings is 2. The van der Waals surface area contributed by atoms with E-state index in [1.54, 1.807) is 0 Å². The lowest BCUT2D eigenvalue weighted by atomic mass is 9.58. The lowest BCUT2D eigenvalue weighted by molar-refractivity contribution is -0.112. The average Bonchev–Trinajstić information content (AvgIpc) is 2.47. The van der Waals surface area contributed by atoms with E-state index in [1.165, 1.54) is 22.3 Å². The van der Waals surface area contributed by atoms with Gasteiger partial charge in [0.2, 0.25) is 5.24 Å². The van der Waals surface area contributed by atoms with Crippen molar-refractivity contribution < 1.29 is 4.79 Å². The number of halogens is 1. The first kappa shape index (κ1) is 12.2. The van der Waals surface area contributed by atoms with Crippen molar-refractivity contribution in [2.75, 3.05) is 0 Å². The van der Waals surface area contributed by atoms with Crippen molar-refractivity contribution in [2.45, 2.75) is 24.7 Å². The van der Waals surface area contributed by atoms with Gasteiger partial charge in [0.05, 0.1) is 0 Å². The van der Waals surface area contributed by atoms with Gasteiger partial charge in [0.25, 0.3) is 0 Å². The van der Waals surface area contributed by atoms with Crippen molar-refractivity contribution in [1.82, 2.24) is 0 Å². The second-order valence-corrected chi connectivity index (χ2v) is 6.26. The Labute approximate surface area is 123 Å². The Bertz CT molecular complexity index is 644. The molecular weight excluding hydrogens is 268 g/mol. The second-order valence-electron chi connectivity index (χ2n) is 5.84. The van der Waals surface area contributed by atoms with Crippen molar-refractivity contribution in [1.29, 1.82) is 0 Å². The van der Waals surface area contributed by atoms with Crippen molar-refractivity contribution in [3.8, 4) is 0 Å². The van der Waals surface area contributed by atoms with Gasteiger partial charge in [0.1, 0.15) is 0 Å². The summed E-state index contributed by atoms with van der Waals surface area (Å²) < 4.78 is 0. The SMILES string of the molecule is O=C(Cl)CC1CC2c3ccccc3C1c1ccccc12. The molecule has 20 heavy (non-hydrogen) atoms. The van der Waals surface area contributed by atoms with Crippen LogP contribution in [-0.4, -0.2) is 5.24 Å². The predicted octanol–water partition coefficient (Wildman–Crippen LogP) is 4.44. The van der Waals surface area contributed by atoms with Gasteiger partial charge in [0.15, 0.2) is 0 Å². The number of carbonyl (C=O) groups excluding carboxylic acids is 1. The summed E-state index contributed by atoms with van der Waals surface area (Å²) in [7, 11) is 0. The number of rotatable bonds is 2. The molecule has 0 saturated carbocycles. The number of hydrogen-bond donors (Lipinski definition) is 0. The molecule has 0 spiro atoms. The molecule has 0 N–H and O–H groups in total. The molecule has 3 aliphatic rings. The highest BCUT2D eigenvalue weighted by Gasteiger charge is 2.43. The van der Waals surface area contributed by atoms with Crippen LogP contribution in [0.25, 0.3) is 0 Å². The quantitative estimate of drug-likeness (QED) is 0.744. The third-order valence-corrected chi connectivity index (χ3v) is 5.00. The largest absolute Gasteiger partial charge is 0.281 e. The fraction of sp³-hybridized carbons (Fsp3) is 0.278. The molecule has 2 bridgehead atoms. The van der Waals surface area contributed by atoms with Gasteiger partial charge in [-0.25, -0.2) is 0 Å². The average molecular weight is 283 g/mol. The Kier molecular flexibility index (Phi) is 2.71. The van der Waals surface area contributed by atoms with E-state index in [1.807, 2.05) is 0 Å². The minimum Gasteiger partial charge on any atom is -0.281 e. The standard InChI is InChI=1S/C18H15ClO/c19-17(20)10-11-9-16-12-5-1-3-7-14(12)18(11)15-8-4-2-6-13(15)16/h1-8,11,16,18H,9-10H2. The predicted molar refractivity (Wildman–Crippen MR) is 80.2 cm³/mol. The number of hydrogen-bond acceptors (Lipinski definition) is 1. The summed E-state index contributed by atoms with van der Waals surface area (Å²) in [6.07, 6.45) is 1.52. The van der Waals surface area contributed by atoms with Crippen molar-refractivity contribution in [2.24, 2.45) is 5.92 Å². The van der Waals surface area contributed by atoms with Gasteiger partial charge in [-0.2, -0.15) is 0 Å². The van der Waals surface area contributed by atoms with Crippen molar-refractivity contribution >= 4 is 16.8 Å². The van der Waals surface area contributed by atoms with E-state index in [9.17, 15) is 4.79 Å². The Morgan fingerprint density at radius 2 is 1.45 bits per heavy atom. The van der Waals surface area contributed by atoms with E-state index in [4.69, 9.17) is 11.6 Å². The van der Waals surface area contributed by atoms with Crippen molar-refractivity contribution in [3.05, 3.63) is 70.8 Å². The van der Waals surface area contributed by atoms with Gasteiger partial charge in [0, 0.05) is 18.3 Å². The first-order chi connectivity index (χ1) is 9.75. The molecule has 0 fully saturated rings. The third kappa shape index (κ3) is 1.66. The maximum Gasteiger partial charge on any atom is 0.221 e.